The van der Waals surface area contributed by atoms with Crippen LogP contribution in [0.2, 0.25) is 0 Å². The van der Waals surface area contributed by atoms with Crippen LogP contribution in [0.15, 0.2) is 54.7 Å². The maximum Gasteiger partial charge on any atom is 0.119 e. The SMILES string of the molecule is Cc1ccc(OCCn2ccc3cc(N)ccc32)cc1. The molecule has 2 N–H and O–H groups in total. The number of nitrogen functional groups attached to an aromatic ring is 1. The third-order valence-corrected chi connectivity index (χ3v) is 3.42. The number of fused-ring (bicyclic) bond motifs is 1. The number of anilines is 1. The van der Waals surface area contributed by atoms with Crippen molar-refractivity contribution < 1.29 is 4.74 Å². The molecule has 0 radical (unpaired) electrons. The summed E-state index contributed by atoms with van der Waals surface area (Å²) >= 11 is 0. The molecule has 0 spiro atoms. The van der Waals surface area contributed by atoms with E-state index in [2.05, 4.69) is 42.0 Å². The fourth-order valence-electron chi connectivity index (χ4n) is 2.31. The lowest BCUT2D eigenvalue weighted by Crippen LogP contribution is -2.07. The van der Waals surface area contributed by atoms with Gasteiger partial charge in [-0.1, -0.05) is 17.7 Å². The van der Waals surface area contributed by atoms with Gasteiger partial charge in [0.15, 0.2) is 0 Å². The van der Waals surface area contributed by atoms with Gasteiger partial charge in [-0.25, -0.2) is 0 Å². The smallest absolute Gasteiger partial charge is 0.119 e. The molecule has 1 heterocycles. The van der Waals surface area contributed by atoms with E-state index in [1.807, 2.05) is 24.3 Å². The molecular weight excluding hydrogens is 248 g/mol. The second-order valence-electron chi connectivity index (χ2n) is 4.99. The number of nitrogens with zero attached hydrogens (tertiary/aromatic N) is 1. The Bertz CT molecular complexity index is 713. The summed E-state index contributed by atoms with van der Waals surface area (Å²) in [7, 11) is 0. The Morgan fingerprint density at radius 1 is 1.05 bits per heavy atom. The number of nitrogens with two attached hydrogens (primary N) is 1. The number of ether oxygens (including phenoxy) is 1. The molecule has 2 aromatic carbocycles. The zero-order valence-corrected chi connectivity index (χ0v) is 11.5. The van der Waals surface area contributed by atoms with Crippen molar-refractivity contribution in [2.75, 3.05) is 12.3 Å². The number of rotatable bonds is 4. The molecule has 0 bridgehead atoms. The van der Waals surface area contributed by atoms with E-state index in [4.69, 9.17) is 10.5 Å². The van der Waals surface area contributed by atoms with Gasteiger partial charge in [0, 0.05) is 22.8 Å². The first kappa shape index (κ1) is 12.6. The lowest BCUT2D eigenvalue weighted by Gasteiger charge is -2.08. The molecule has 1 aromatic heterocycles. The monoisotopic (exact) mass is 266 g/mol. The van der Waals surface area contributed by atoms with Crippen molar-refractivity contribution in [3.8, 4) is 5.75 Å². The van der Waals surface area contributed by atoms with Crippen LogP contribution in [0.5, 0.6) is 5.75 Å². The summed E-state index contributed by atoms with van der Waals surface area (Å²) in [5.41, 5.74) is 9.01. The molecule has 3 heteroatoms. The van der Waals surface area contributed by atoms with Gasteiger partial charge in [0.25, 0.3) is 0 Å². The molecule has 0 aliphatic rings. The molecule has 3 nitrogen and oxygen atoms in total. The lowest BCUT2D eigenvalue weighted by atomic mass is 10.2. The minimum atomic E-state index is 0.650. The molecule has 3 rings (SSSR count). The topological polar surface area (TPSA) is 40.2 Å². The number of aryl methyl sites for hydroxylation is 1. The predicted molar refractivity (Wildman–Crippen MR) is 83.0 cm³/mol. The summed E-state index contributed by atoms with van der Waals surface area (Å²) < 4.78 is 7.94. The van der Waals surface area contributed by atoms with E-state index in [-0.39, 0.29) is 0 Å². The van der Waals surface area contributed by atoms with Crippen molar-refractivity contribution in [1.82, 2.24) is 4.57 Å². The minimum absolute atomic E-state index is 0.650. The number of hydrogen-bond acceptors (Lipinski definition) is 2. The number of aromatic nitrogens is 1. The molecular formula is C17H18N2O. The molecule has 0 fully saturated rings. The van der Waals surface area contributed by atoms with Crippen molar-refractivity contribution in [3.63, 3.8) is 0 Å². The molecule has 0 unspecified atom stereocenters. The fourth-order valence-corrected chi connectivity index (χ4v) is 2.31. The van der Waals surface area contributed by atoms with E-state index in [0.717, 1.165) is 18.0 Å². The first-order chi connectivity index (χ1) is 9.72. The Hall–Kier alpha value is -2.42. The summed E-state index contributed by atoms with van der Waals surface area (Å²) in [6, 6.07) is 16.2. The molecule has 102 valence electrons. The Morgan fingerprint density at radius 2 is 1.85 bits per heavy atom. The molecule has 3 aromatic rings. The van der Waals surface area contributed by atoms with Crippen LogP contribution >= 0.6 is 0 Å². The highest BCUT2D eigenvalue weighted by Gasteiger charge is 2.01. The highest BCUT2D eigenvalue weighted by Crippen LogP contribution is 2.19. The van der Waals surface area contributed by atoms with Crippen LogP contribution in [-0.4, -0.2) is 11.2 Å². The summed E-state index contributed by atoms with van der Waals surface area (Å²) in [5, 5.41) is 1.17. The predicted octanol–water partition coefficient (Wildman–Crippen LogP) is 3.61. The van der Waals surface area contributed by atoms with Gasteiger partial charge in [0.1, 0.15) is 12.4 Å². The fraction of sp³-hybridized carbons (Fsp3) is 0.176. The Morgan fingerprint density at radius 3 is 2.65 bits per heavy atom. The zero-order chi connectivity index (χ0) is 13.9. The number of hydrogen-bond donors (Lipinski definition) is 1. The zero-order valence-electron chi connectivity index (χ0n) is 11.5. The first-order valence-electron chi connectivity index (χ1n) is 6.76. The average molecular weight is 266 g/mol. The Balaban J connectivity index is 1.66. The first-order valence-corrected chi connectivity index (χ1v) is 6.76. The van der Waals surface area contributed by atoms with Gasteiger partial charge in [-0.3, -0.25) is 0 Å². The third-order valence-electron chi connectivity index (χ3n) is 3.42. The summed E-state index contributed by atoms with van der Waals surface area (Å²) in [6.45, 7) is 3.54. The van der Waals surface area contributed by atoms with Crippen LogP contribution in [-0.2, 0) is 6.54 Å². The van der Waals surface area contributed by atoms with Crippen LogP contribution in [0.4, 0.5) is 5.69 Å². The van der Waals surface area contributed by atoms with E-state index in [1.165, 1.54) is 16.5 Å². The van der Waals surface area contributed by atoms with Gasteiger partial charge >= 0.3 is 0 Å². The number of benzene rings is 2. The van der Waals surface area contributed by atoms with E-state index in [9.17, 15) is 0 Å². The summed E-state index contributed by atoms with van der Waals surface area (Å²) in [6.07, 6.45) is 2.07. The minimum Gasteiger partial charge on any atom is -0.492 e. The normalized spacial score (nSPS) is 10.8. The van der Waals surface area contributed by atoms with Crippen molar-refractivity contribution in [2.24, 2.45) is 0 Å². The molecule has 0 amide bonds. The largest absolute Gasteiger partial charge is 0.492 e. The highest BCUT2D eigenvalue weighted by atomic mass is 16.5. The molecule has 0 saturated heterocycles. The Kier molecular flexibility index (Phi) is 3.33. The Labute approximate surface area is 118 Å². The average Bonchev–Trinajstić information content (AvgIpc) is 2.83. The van der Waals surface area contributed by atoms with Crippen molar-refractivity contribution >= 4 is 16.6 Å². The van der Waals surface area contributed by atoms with Gasteiger partial charge in [-0.05, 0) is 43.3 Å². The standard InChI is InChI=1S/C17H18N2O/c1-13-2-5-16(6-3-13)20-11-10-19-9-8-14-12-15(18)4-7-17(14)19/h2-9,12H,10-11,18H2,1H3. The van der Waals surface area contributed by atoms with Crippen molar-refractivity contribution in [1.29, 1.82) is 0 Å². The highest BCUT2D eigenvalue weighted by molar-refractivity contribution is 5.83. The third kappa shape index (κ3) is 2.62. The van der Waals surface area contributed by atoms with Gasteiger partial charge in [-0.2, -0.15) is 0 Å². The van der Waals surface area contributed by atoms with Crippen molar-refractivity contribution in [3.05, 3.63) is 60.3 Å². The second-order valence-corrected chi connectivity index (χ2v) is 4.99. The van der Waals surface area contributed by atoms with Gasteiger partial charge < -0.3 is 15.0 Å². The van der Waals surface area contributed by atoms with Crippen LogP contribution in [0.1, 0.15) is 5.56 Å². The molecule has 0 atom stereocenters. The van der Waals surface area contributed by atoms with Crippen LogP contribution in [0.25, 0.3) is 10.9 Å². The summed E-state index contributed by atoms with van der Waals surface area (Å²) in [5.74, 6) is 0.913. The van der Waals surface area contributed by atoms with Crippen LogP contribution in [0.3, 0.4) is 0 Å². The van der Waals surface area contributed by atoms with E-state index in [1.54, 1.807) is 0 Å². The molecule has 0 aliphatic carbocycles. The lowest BCUT2D eigenvalue weighted by molar-refractivity contribution is 0.300. The van der Waals surface area contributed by atoms with E-state index in [0.29, 0.717) is 6.61 Å². The van der Waals surface area contributed by atoms with Crippen LogP contribution in [0, 0.1) is 6.92 Å². The summed E-state index contributed by atoms with van der Waals surface area (Å²) in [4.78, 5) is 0. The van der Waals surface area contributed by atoms with Gasteiger partial charge in [-0.15, -0.1) is 0 Å². The van der Waals surface area contributed by atoms with E-state index >= 15 is 0 Å². The van der Waals surface area contributed by atoms with Crippen LogP contribution < -0.4 is 10.5 Å². The molecule has 20 heavy (non-hydrogen) atoms. The maximum atomic E-state index is 5.79. The van der Waals surface area contributed by atoms with Crippen molar-refractivity contribution in [2.45, 2.75) is 13.5 Å². The quantitative estimate of drug-likeness (QED) is 0.733. The van der Waals surface area contributed by atoms with Gasteiger partial charge in [0.2, 0.25) is 0 Å². The van der Waals surface area contributed by atoms with E-state index < -0.39 is 0 Å². The molecule has 0 saturated carbocycles. The maximum absolute atomic E-state index is 5.79. The van der Waals surface area contributed by atoms with Gasteiger partial charge in [0.05, 0.1) is 6.54 Å². The molecule has 0 aliphatic heterocycles. The second kappa shape index (κ2) is 5.29.